The first kappa shape index (κ1) is 15.5. The minimum absolute atomic E-state index is 0.0170. The second-order valence-corrected chi connectivity index (χ2v) is 4.21. The number of hydrogen-bond acceptors (Lipinski definition) is 4. The number of aliphatic hydroxyl groups excluding tert-OH is 1. The third-order valence-corrected chi connectivity index (χ3v) is 2.72. The quantitative estimate of drug-likeness (QED) is 0.662. The molecule has 0 saturated carbocycles. The maximum Gasteiger partial charge on any atom is 0.253 e. The molecule has 1 amide bonds. The van der Waals surface area contributed by atoms with Crippen molar-refractivity contribution < 1.29 is 14.6 Å². The van der Waals surface area contributed by atoms with Gasteiger partial charge in [-0.1, -0.05) is 12.1 Å². The van der Waals surface area contributed by atoms with Crippen molar-refractivity contribution in [2.45, 2.75) is 19.4 Å². The van der Waals surface area contributed by atoms with Gasteiger partial charge in [0.05, 0.1) is 18.2 Å². The predicted molar refractivity (Wildman–Crippen MR) is 75.4 cm³/mol. The van der Waals surface area contributed by atoms with Gasteiger partial charge in [0.25, 0.3) is 5.91 Å². The lowest BCUT2D eigenvalue weighted by Crippen LogP contribution is -2.39. The number of carbonyl (C=O) groups excluding carboxylic acids is 1. The van der Waals surface area contributed by atoms with E-state index in [1.165, 1.54) is 0 Å². The van der Waals surface area contributed by atoms with Crippen LogP contribution in [-0.2, 0) is 4.74 Å². The van der Waals surface area contributed by atoms with Gasteiger partial charge in [0.15, 0.2) is 0 Å². The summed E-state index contributed by atoms with van der Waals surface area (Å²) in [7, 11) is 1.57. The highest BCUT2D eigenvalue weighted by Gasteiger charge is 2.15. The molecule has 5 nitrogen and oxygen atoms in total. The molecule has 1 unspecified atom stereocenters. The molecule has 0 aliphatic heterocycles. The molecule has 0 aliphatic rings. The van der Waals surface area contributed by atoms with Crippen LogP contribution in [0.15, 0.2) is 24.3 Å². The smallest absolute Gasteiger partial charge is 0.253 e. The molecule has 0 saturated heterocycles. The molecule has 0 fully saturated rings. The number of methoxy groups -OCH3 is 1. The molecule has 0 spiro atoms. The molecule has 1 aromatic rings. The van der Waals surface area contributed by atoms with E-state index in [0.29, 0.717) is 18.6 Å². The van der Waals surface area contributed by atoms with E-state index in [9.17, 15) is 4.79 Å². The molecule has 5 heteroatoms. The van der Waals surface area contributed by atoms with Gasteiger partial charge in [-0.25, -0.2) is 0 Å². The summed E-state index contributed by atoms with van der Waals surface area (Å²) in [6.45, 7) is 3.13. The lowest BCUT2D eigenvalue weighted by Gasteiger charge is -2.18. The second-order valence-electron chi connectivity index (χ2n) is 4.21. The molecule has 1 atom stereocenters. The summed E-state index contributed by atoms with van der Waals surface area (Å²) in [5.41, 5.74) is 1.41. The Balaban J connectivity index is 2.75. The maximum atomic E-state index is 12.2. The Hall–Kier alpha value is -1.59. The molecule has 3 N–H and O–H groups in total. The van der Waals surface area contributed by atoms with E-state index >= 15 is 0 Å². The van der Waals surface area contributed by atoms with Crippen molar-refractivity contribution in [3.8, 4) is 0 Å². The SMILES string of the molecule is CCNc1ccccc1C(=O)NC(CCO)COC. The highest BCUT2D eigenvalue weighted by atomic mass is 16.5. The van der Waals surface area contributed by atoms with Crippen molar-refractivity contribution >= 4 is 11.6 Å². The van der Waals surface area contributed by atoms with Crippen LogP contribution in [0.4, 0.5) is 5.69 Å². The summed E-state index contributed by atoms with van der Waals surface area (Å²) < 4.78 is 5.03. The van der Waals surface area contributed by atoms with Gasteiger partial charge in [-0.3, -0.25) is 4.79 Å². The average Bonchev–Trinajstić information content (AvgIpc) is 2.40. The third kappa shape index (κ3) is 4.89. The van der Waals surface area contributed by atoms with Crippen molar-refractivity contribution in [2.75, 3.05) is 32.2 Å². The van der Waals surface area contributed by atoms with Gasteiger partial charge >= 0.3 is 0 Å². The Morgan fingerprint density at radius 3 is 2.79 bits per heavy atom. The highest BCUT2D eigenvalue weighted by Crippen LogP contribution is 2.14. The molecule has 1 rings (SSSR count). The van der Waals surface area contributed by atoms with Gasteiger partial charge in [0.2, 0.25) is 0 Å². The Labute approximate surface area is 114 Å². The van der Waals surface area contributed by atoms with Crippen LogP contribution in [0.25, 0.3) is 0 Å². The van der Waals surface area contributed by atoms with E-state index in [2.05, 4.69) is 10.6 Å². The minimum Gasteiger partial charge on any atom is -0.396 e. The maximum absolute atomic E-state index is 12.2. The molecular weight excluding hydrogens is 244 g/mol. The Morgan fingerprint density at radius 2 is 2.16 bits per heavy atom. The zero-order valence-electron chi connectivity index (χ0n) is 11.5. The zero-order valence-corrected chi connectivity index (χ0v) is 11.5. The van der Waals surface area contributed by atoms with E-state index < -0.39 is 0 Å². The van der Waals surface area contributed by atoms with Gasteiger partial charge in [-0.2, -0.15) is 0 Å². The molecule has 1 aromatic carbocycles. The predicted octanol–water partition coefficient (Wildman–Crippen LogP) is 1.25. The van der Waals surface area contributed by atoms with Crippen molar-refractivity contribution in [3.05, 3.63) is 29.8 Å². The fourth-order valence-corrected chi connectivity index (χ4v) is 1.84. The number of para-hydroxylation sites is 1. The molecular formula is C14H22N2O3. The average molecular weight is 266 g/mol. The minimum atomic E-state index is -0.183. The van der Waals surface area contributed by atoms with Gasteiger partial charge < -0.3 is 20.5 Å². The number of aliphatic hydroxyl groups is 1. The molecule has 106 valence electrons. The molecule has 0 aliphatic carbocycles. The van der Waals surface area contributed by atoms with Gasteiger partial charge in [-0.05, 0) is 25.5 Å². The monoisotopic (exact) mass is 266 g/mol. The Morgan fingerprint density at radius 1 is 1.42 bits per heavy atom. The van der Waals surface area contributed by atoms with Crippen LogP contribution in [0, 0.1) is 0 Å². The van der Waals surface area contributed by atoms with Gasteiger partial charge in [-0.15, -0.1) is 0 Å². The molecule has 19 heavy (non-hydrogen) atoms. The summed E-state index contributed by atoms with van der Waals surface area (Å²) in [6.07, 6.45) is 0.475. The number of ether oxygens (including phenoxy) is 1. The first-order valence-corrected chi connectivity index (χ1v) is 6.46. The summed E-state index contributed by atoms with van der Waals surface area (Å²) >= 11 is 0. The number of carbonyl (C=O) groups is 1. The summed E-state index contributed by atoms with van der Waals surface area (Å²) in [4.78, 5) is 12.2. The number of anilines is 1. The van der Waals surface area contributed by atoms with Crippen LogP contribution < -0.4 is 10.6 Å². The van der Waals surface area contributed by atoms with Crippen molar-refractivity contribution in [2.24, 2.45) is 0 Å². The Bertz CT molecular complexity index is 390. The van der Waals surface area contributed by atoms with Gasteiger partial charge in [0.1, 0.15) is 0 Å². The fourth-order valence-electron chi connectivity index (χ4n) is 1.84. The standard InChI is InChI=1S/C14H22N2O3/c1-3-15-13-7-5-4-6-12(13)14(18)16-11(8-9-17)10-19-2/h4-7,11,15,17H,3,8-10H2,1-2H3,(H,16,18). The van der Waals surface area contributed by atoms with E-state index in [-0.39, 0.29) is 18.6 Å². The lowest BCUT2D eigenvalue weighted by atomic mass is 10.1. The van der Waals surface area contributed by atoms with E-state index in [1.54, 1.807) is 13.2 Å². The summed E-state index contributed by atoms with van der Waals surface area (Å²) in [6, 6.07) is 7.17. The fraction of sp³-hybridized carbons (Fsp3) is 0.500. The topological polar surface area (TPSA) is 70.6 Å². The largest absolute Gasteiger partial charge is 0.396 e. The van der Waals surface area contributed by atoms with Crippen LogP contribution in [0.2, 0.25) is 0 Å². The van der Waals surface area contributed by atoms with Crippen molar-refractivity contribution in [1.29, 1.82) is 0 Å². The first-order chi connectivity index (χ1) is 9.22. The van der Waals surface area contributed by atoms with Crippen molar-refractivity contribution in [1.82, 2.24) is 5.32 Å². The first-order valence-electron chi connectivity index (χ1n) is 6.46. The number of hydrogen-bond donors (Lipinski definition) is 3. The number of benzene rings is 1. The van der Waals surface area contributed by atoms with Crippen LogP contribution in [0.5, 0.6) is 0 Å². The summed E-state index contributed by atoms with van der Waals surface area (Å²) in [5.74, 6) is -0.160. The van der Waals surface area contributed by atoms with Gasteiger partial charge in [0, 0.05) is 25.9 Å². The number of rotatable bonds is 8. The van der Waals surface area contributed by atoms with E-state index in [4.69, 9.17) is 9.84 Å². The van der Waals surface area contributed by atoms with Crippen LogP contribution >= 0.6 is 0 Å². The molecule has 0 aromatic heterocycles. The summed E-state index contributed by atoms with van der Waals surface area (Å²) in [5, 5.41) is 15.0. The zero-order chi connectivity index (χ0) is 14.1. The highest BCUT2D eigenvalue weighted by molar-refractivity contribution is 5.99. The Kier molecular flexibility index (Phi) is 6.92. The lowest BCUT2D eigenvalue weighted by molar-refractivity contribution is 0.0879. The molecule has 0 bridgehead atoms. The normalized spacial score (nSPS) is 11.9. The molecule has 0 heterocycles. The number of amides is 1. The van der Waals surface area contributed by atoms with E-state index in [0.717, 1.165) is 12.2 Å². The van der Waals surface area contributed by atoms with E-state index in [1.807, 2.05) is 25.1 Å². The van der Waals surface area contributed by atoms with Crippen LogP contribution in [0.1, 0.15) is 23.7 Å². The number of nitrogens with one attached hydrogen (secondary N) is 2. The second kappa shape index (κ2) is 8.50. The molecule has 0 radical (unpaired) electrons. The third-order valence-electron chi connectivity index (χ3n) is 2.72. The van der Waals surface area contributed by atoms with Crippen LogP contribution in [0.3, 0.4) is 0 Å². The van der Waals surface area contributed by atoms with Crippen LogP contribution in [-0.4, -0.2) is 43.9 Å². The van der Waals surface area contributed by atoms with Crippen molar-refractivity contribution in [3.63, 3.8) is 0 Å².